The SMILES string of the molecule is CN(C)C(=O)c1ccc(N(CC(=O)NCCSCc2ccc(Cl)c(Cl)c2)S(C)(=O)=O)cc1. The molecule has 0 unspecified atom stereocenters. The lowest BCUT2D eigenvalue weighted by Gasteiger charge is -2.22. The molecule has 32 heavy (non-hydrogen) atoms. The van der Waals surface area contributed by atoms with Gasteiger partial charge < -0.3 is 10.2 Å². The van der Waals surface area contributed by atoms with E-state index in [4.69, 9.17) is 23.2 Å². The Labute approximate surface area is 203 Å². The Morgan fingerprint density at radius 1 is 1.03 bits per heavy atom. The summed E-state index contributed by atoms with van der Waals surface area (Å²) < 4.78 is 25.5. The van der Waals surface area contributed by atoms with Crippen LogP contribution in [0.15, 0.2) is 42.5 Å². The summed E-state index contributed by atoms with van der Waals surface area (Å²) in [5.41, 5.74) is 1.76. The molecule has 0 aliphatic heterocycles. The fourth-order valence-corrected chi connectivity index (χ4v) is 4.68. The van der Waals surface area contributed by atoms with Crippen molar-refractivity contribution in [3.8, 4) is 0 Å². The van der Waals surface area contributed by atoms with E-state index >= 15 is 0 Å². The number of thioether (sulfide) groups is 1. The van der Waals surface area contributed by atoms with Gasteiger partial charge in [0.2, 0.25) is 15.9 Å². The molecule has 2 aromatic rings. The standard InChI is InChI=1S/C21H25Cl2N3O4S2/c1-25(2)21(28)16-5-7-17(8-6-16)26(32(3,29)30)13-20(27)24-10-11-31-14-15-4-9-18(22)19(23)12-15/h4-9,12H,10-11,13-14H2,1-3H3,(H,24,27). The van der Waals surface area contributed by atoms with Crippen molar-refractivity contribution in [3.63, 3.8) is 0 Å². The van der Waals surface area contributed by atoms with Gasteiger partial charge >= 0.3 is 0 Å². The smallest absolute Gasteiger partial charge is 0.253 e. The predicted molar refractivity (Wildman–Crippen MR) is 132 cm³/mol. The van der Waals surface area contributed by atoms with Crippen LogP contribution in [0.5, 0.6) is 0 Å². The van der Waals surface area contributed by atoms with E-state index in [1.165, 1.54) is 29.2 Å². The lowest BCUT2D eigenvalue weighted by atomic mass is 10.2. The molecule has 0 fully saturated rings. The second-order valence-corrected chi connectivity index (χ2v) is 11.0. The van der Waals surface area contributed by atoms with Gasteiger partial charge in [0.05, 0.1) is 22.0 Å². The molecule has 0 saturated carbocycles. The molecule has 0 atom stereocenters. The molecule has 0 bridgehead atoms. The molecule has 0 heterocycles. The molecule has 0 aliphatic rings. The van der Waals surface area contributed by atoms with Gasteiger partial charge in [-0.3, -0.25) is 13.9 Å². The number of carbonyl (C=O) groups is 2. The van der Waals surface area contributed by atoms with Crippen LogP contribution in [0.4, 0.5) is 5.69 Å². The van der Waals surface area contributed by atoms with E-state index in [9.17, 15) is 18.0 Å². The van der Waals surface area contributed by atoms with Crippen LogP contribution in [0, 0.1) is 0 Å². The third-order valence-corrected chi connectivity index (χ3v) is 7.23. The first-order valence-corrected chi connectivity index (χ1v) is 13.3. The molecule has 0 aliphatic carbocycles. The number of rotatable bonds is 10. The molecular weight excluding hydrogens is 493 g/mol. The van der Waals surface area contributed by atoms with Gasteiger partial charge in [-0.1, -0.05) is 29.3 Å². The molecule has 0 spiro atoms. The molecule has 0 saturated heterocycles. The van der Waals surface area contributed by atoms with Gasteiger partial charge in [0.25, 0.3) is 5.91 Å². The Bertz CT molecular complexity index is 1060. The Morgan fingerprint density at radius 3 is 2.25 bits per heavy atom. The van der Waals surface area contributed by atoms with Crippen molar-refractivity contribution in [2.45, 2.75) is 5.75 Å². The van der Waals surface area contributed by atoms with Crippen LogP contribution >= 0.6 is 35.0 Å². The second-order valence-electron chi connectivity index (χ2n) is 7.17. The molecule has 0 aromatic heterocycles. The van der Waals surface area contributed by atoms with Gasteiger partial charge in [-0.05, 0) is 42.0 Å². The van der Waals surface area contributed by atoms with Crippen LogP contribution in [-0.2, 0) is 20.6 Å². The lowest BCUT2D eigenvalue weighted by Crippen LogP contribution is -2.41. The highest BCUT2D eigenvalue weighted by Gasteiger charge is 2.21. The molecule has 7 nitrogen and oxygen atoms in total. The van der Waals surface area contributed by atoms with Gasteiger partial charge in [-0.25, -0.2) is 8.42 Å². The summed E-state index contributed by atoms with van der Waals surface area (Å²) in [5.74, 6) is 0.740. The Morgan fingerprint density at radius 2 is 1.69 bits per heavy atom. The van der Waals surface area contributed by atoms with E-state index in [-0.39, 0.29) is 12.5 Å². The van der Waals surface area contributed by atoms with Crippen molar-refractivity contribution in [1.29, 1.82) is 0 Å². The average molecular weight is 518 g/mol. The highest BCUT2D eigenvalue weighted by Crippen LogP contribution is 2.24. The summed E-state index contributed by atoms with van der Waals surface area (Å²) in [5, 5.41) is 3.73. The van der Waals surface area contributed by atoms with E-state index < -0.39 is 15.9 Å². The topological polar surface area (TPSA) is 86.8 Å². The number of carbonyl (C=O) groups excluding carboxylic acids is 2. The number of hydrogen-bond donors (Lipinski definition) is 1. The van der Waals surface area contributed by atoms with E-state index in [0.29, 0.717) is 39.3 Å². The average Bonchev–Trinajstić information content (AvgIpc) is 2.73. The first-order valence-electron chi connectivity index (χ1n) is 9.57. The number of amides is 2. The van der Waals surface area contributed by atoms with E-state index in [1.54, 1.807) is 38.0 Å². The molecule has 2 amide bonds. The number of anilines is 1. The van der Waals surface area contributed by atoms with E-state index in [1.807, 2.05) is 6.07 Å². The quantitative estimate of drug-likeness (QED) is 0.487. The van der Waals surface area contributed by atoms with Crippen LogP contribution in [0.25, 0.3) is 0 Å². The first-order chi connectivity index (χ1) is 15.0. The minimum atomic E-state index is -3.69. The van der Waals surface area contributed by atoms with Crippen LogP contribution in [-0.4, -0.2) is 64.3 Å². The highest BCUT2D eigenvalue weighted by molar-refractivity contribution is 7.98. The minimum Gasteiger partial charge on any atom is -0.354 e. The molecule has 0 radical (unpaired) electrons. The second kappa shape index (κ2) is 11.8. The summed E-state index contributed by atoms with van der Waals surface area (Å²) in [4.78, 5) is 25.8. The Kier molecular flexibility index (Phi) is 9.69. The number of nitrogens with zero attached hydrogens (tertiary/aromatic N) is 2. The predicted octanol–water partition coefficient (Wildman–Crippen LogP) is 3.51. The van der Waals surface area contributed by atoms with E-state index in [0.717, 1.165) is 16.1 Å². The summed E-state index contributed by atoms with van der Waals surface area (Å²) in [6.45, 7) is 0.0377. The van der Waals surface area contributed by atoms with Gasteiger partial charge in [-0.2, -0.15) is 11.8 Å². The zero-order valence-corrected chi connectivity index (χ0v) is 21.1. The van der Waals surface area contributed by atoms with Crippen molar-refractivity contribution >= 4 is 62.5 Å². The van der Waals surface area contributed by atoms with Crippen LogP contribution in [0.3, 0.4) is 0 Å². The first kappa shape index (κ1) is 26.3. The maximum absolute atomic E-state index is 12.3. The van der Waals surface area contributed by atoms with Gasteiger partial charge in [0.15, 0.2) is 0 Å². The fourth-order valence-electron chi connectivity index (χ4n) is 2.70. The third-order valence-electron chi connectivity index (χ3n) is 4.32. The Hall–Kier alpha value is -1.94. The number of sulfonamides is 1. The zero-order valence-electron chi connectivity index (χ0n) is 18.0. The highest BCUT2D eigenvalue weighted by atomic mass is 35.5. The van der Waals surface area contributed by atoms with E-state index in [2.05, 4.69) is 5.32 Å². The number of hydrogen-bond acceptors (Lipinski definition) is 5. The number of halogens is 2. The molecule has 2 aromatic carbocycles. The monoisotopic (exact) mass is 517 g/mol. The summed E-state index contributed by atoms with van der Waals surface area (Å²) in [7, 11) is -0.430. The van der Waals surface area contributed by atoms with Crippen molar-refractivity contribution in [3.05, 3.63) is 63.6 Å². The van der Waals surface area contributed by atoms with Crippen LogP contribution in [0.2, 0.25) is 10.0 Å². The minimum absolute atomic E-state index is 0.196. The Balaban J connectivity index is 1.89. The normalized spacial score (nSPS) is 11.2. The molecule has 2 rings (SSSR count). The summed E-state index contributed by atoms with van der Waals surface area (Å²) in [6, 6.07) is 11.5. The summed E-state index contributed by atoms with van der Waals surface area (Å²) >= 11 is 13.5. The largest absolute Gasteiger partial charge is 0.354 e. The third kappa shape index (κ3) is 7.88. The molecular formula is C21H25Cl2N3O4S2. The van der Waals surface area contributed by atoms with Crippen molar-refractivity contribution < 1.29 is 18.0 Å². The number of benzene rings is 2. The number of nitrogens with one attached hydrogen (secondary N) is 1. The fraction of sp³-hybridized carbons (Fsp3) is 0.333. The molecule has 1 N–H and O–H groups in total. The van der Waals surface area contributed by atoms with Gasteiger partial charge in [0.1, 0.15) is 6.54 Å². The van der Waals surface area contributed by atoms with Crippen LogP contribution in [0.1, 0.15) is 15.9 Å². The van der Waals surface area contributed by atoms with Gasteiger partial charge in [0, 0.05) is 37.7 Å². The van der Waals surface area contributed by atoms with Crippen molar-refractivity contribution in [1.82, 2.24) is 10.2 Å². The van der Waals surface area contributed by atoms with Crippen molar-refractivity contribution in [2.75, 3.05) is 43.5 Å². The van der Waals surface area contributed by atoms with Crippen molar-refractivity contribution in [2.24, 2.45) is 0 Å². The maximum Gasteiger partial charge on any atom is 0.253 e. The zero-order chi connectivity index (χ0) is 23.9. The molecule has 174 valence electrons. The summed E-state index contributed by atoms with van der Waals surface area (Å²) in [6.07, 6.45) is 1.03. The molecule has 11 heteroatoms. The van der Waals surface area contributed by atoms with Gasteiger partial charge in [-0.15, -0.1) is 0 Å². The van der Waals surface area contributed by atoms with Crippen LogP contribution < -0.4 is 9.62 Å². The lowest BCUT2D eigenvalue weighted by molar-refractivity contribution is -0.119. The maximum atomic E-state index is 12.3.